The van der Waals surface area contributed by atoms with Crippen molar-refractivity contribution < 1.29 is 9.13 Å². The maximum Gasteiger partial charge on any atom is 0.177 e. The van der Waals surface area contributed by atoms with E-state index in [-0.39, 0.29) is 10.7 Å². The highest BCUT2D eigenvalue weighted by atomic mass is 32.1. The first-order valence-corrected chi connectivity index (χ1v) is 9.53. The van der Waals surface area contributed by atoms with Gasteiger partial charge in [0.2, 0.25) is 0 Å². The van der Waals surface area contributed by atoms with Crippen LogP contribution in [-0.2, 0) is 23.3 Å². The highest BCUT2D eigenvalue weighted by molar-refractivity contribution is 7.10. The number of halogens is 1. The molecular formula is C18H24FN3OS. The molecule has 0 unspecified atom stereocenters. The van der Waals surface area contributed by atoms with Crippen molar-refractivity contribution in [3.8, 4) is 0 Å². The zero-order valence-electron chi connectivity index (χ0n) is 14.3. The molecule has 2 aromatic heterocycles. The van der Waals surface area contributed by atoms with Crippen molar-refractivity contribution >= 4 is 11.3 Å². The normalized spacial score (nSPS) is 20.5. The summed E-state index contributed by atoms with van der Waals surface area (Å²) in [4.78, 5) is 3.62. The molecule has 1 fully saturated rings. The maximum atomic E-state index is 13.7. The summed E-state index contributed by atoms with van der Waals surface area (Å²) in [6.07, 6.45) is 2.76. The summed E-state index contributed by atoms with van der Waals surface area (Å²) in [5.41, 5.74) is 3.22. The van der Waals surface area contributed by atoms with E-state index in [1.54, 1.807) is 6.07 Å². The Hall–Kier alpha value is -1.24. The van der Waals surface area contributed by atoms with E-state index in [9.17, 15) is 4.39 Å². The summed E-state index contributed by atoms with van der Waals surface area (Å²) >= 11 is 1.29. The predicted molar refractivity (Wildman–Crippen MR) is 93.0 cm³/mol. The van der Waals surface area contributed by atoms with Gasteiger partial charge >= 0.3 is 0 Å². The van der Waals surface area contributed by atoms with Crippen LogP contribution >= 0.6 is 11.3 Å². The van der Waals surface area contributed by atoms with E-state index in [1.807, 2.05) is 6.92 Å². The molecule has 24 heavy (non-hydrogen) atoms. The van der Waals surface area contributed by atoms with Gasteiger partial charge in [0, 0.05) is 30.2 Å². The van der Waals surface area contributed by atoms with Crippen LogP contribution in [0.2, 0.25) is 0 Å². The molecule has 0 amide bonds. The van der Waals surface area contributed by atoms with E-state index in [0.29, 0.717) is 0 Å². The second-order valence-electron chi connectivity index (χ2n) is 6.99. The molecule has 0 N–H and O–H groups in total. The molecule has 0 aromatic carbocycles. The van der Waals surface area contributed by atoms with E-state index in [0.717, 1.165) is 62.6 Å². The SMILES string of the molecule is Cc1cc(C)n(CCN2CCC3(CC2)OCCc2cc(F)sc23)n1. The summed E-state index contributed by atoms with van der Waals surface area (Å²) in [6, 6.07) is 3.83. The number of thiophene rings is 1. The number of rotatable bonds is 3. The van der Waals surface area contributed by atoms with E-state index in [2.05, 4.69) is 27.7 Å². The summed E-state index contributed by atoms with van der Waals surface area (Å²) in [6.45, 7) is 8.78. The lowest BCUT2D eigenvalue weighted by Gasteiger charge is -2.43. The minimum atomic E-state index is -0.239. The molecule has 0 aliphatic carbocycles. The first-order chi connectivity index (χ1) is 11.6. The number of ether oxygens (including phenoxy) is 1. The van der Waals surface area contributed by atoms with Crippen molar-refractivity contribution in [1.29, 1.82) is 0 Å². The van der Waals surface area contributed by atoms with Crippen molar-refractivity contribution in [1.82, 2.24) is 14.7 Å². The van der Waals surface area contributed by atoms with Crippen LogP contribution in [0.3, 0.4) is 0 Å². The number of hydrogen-bond acceptors (Lipinski definition) is 4. The Labute approximate surface area is 146 Å². The zero-order valence-corrected chi connectivity index (χ0v) is 15.2. The van der Waals surface area contributed by atoms with Crippen LogP contribution in [0, 0.1) is 19.0 Å². The van der Waals surface area contributed by atoms with Gasteiger partial charge in [0.15, 0.2) is 5.13 Å². The quantitative estimate of drug-likeness (QED) is 0.852. The lowest BCUT2D eigenvalue weighted by atomic mass is 9.85. The molecule has 0 bridgehead atoms. The molecule has 2 aliphatic rings. The van der Waals surface area contributed by atoms with Crippen LogP contribution in [0.15, 0.2) is 12.1 Å². The van der Waals surface area contributed by atoms with Gasteiger partial charge in [-0.15, -0.1) is 11.3 Å². The van der Waals surface area contributed by atoms with Crippen LogP contribution in [0.1, 0.15) is 34.7 Å². The van der Waals surface area contributed by atoms with Crippen molar-refractivity contribution in [2.24, 2.45) is 0 Å². The molecule has 0 atom stereocenters. The van der Waals surface area contributed by atoms with Gasteiger partial charge in [-0.3, -0.25) is 4.68 Å². The van der Waals surface area contributed by atoms with Gasteiger partial charge in [-0.1, -0.05) is 0 Å². The fraction of sp³-hybridized carbons (Fsp3) is 0.611. The van der Waals surface area contributed by atoms with Crippen LogP contribution in [0.25, 0.3) is 0 Å². The van der Waals surface area contributed by atoms with Crippen LogP contribution in [0.5, 0.6) is 0 Å². The Morgan fingerprint density at radius 2 is 2.04 bits per heavy atom. The summed E-state index contributed by atoms with van der Waals surface area (Å²) < 4.78 is 22.0. The van der Waals surface area contributed by atoms with Crippen LogP contribution < -0.4 is 0 Å². The Morgan fingerprint density at radius 3 is 2.75 bits per heavy atom. The van der Waals surface area contributed by atoms with E-state index in [1.165, 1.54) is 22.6 Å². The van der Waals surface area contributed by atoms with Crippen molar-refractivity contribution in [3.63, 3.8) is 0 Å². The standard InChI is InChI=1S/C18H24FN3OS/c1-13-11-14(2)22(20-13)9-8-21-6-4-18(5-7-21)17-15(3-10-23-18)12-16(19)24-17/h11-12H,3-10H2,1-2H3. The predicted octanol–water partition coefficient (Wildman–Crippen LogP) is 3.26. The smallest absolute Gasteiger partial charge is 0.177 e. The number of aryl methyl sites for hydroxylation is 2. The van der Waals surface area contributed by atoms with E-state index in [4.69, 9.17) is 4.74 Å². The van der Waals surface area contributed by atoms with Gasteiger partial charge in [0.25, 0.3) is 0 Å². The lowest BCUT2D eigenvalue weighted by Crippen LogP contribution is -2.46. The molecule has 4 rings (SSSR count). The monoisotopic (exact) mass is 349 g/mol. The fourth-order valence-corrected chi connectivity index (χ4v) is 5.17. The van der Waals surface area contributed by atoms with Gasteiger partial charge in [-0.25, -0.2) is 0 Å². The maximum absolute atomic E-state index is 13.7. The Kier molecular flexibility index (Phi) is 4.22. The van der Waals surface area contributed by atoms with Gasteiger partial charge in [0.1, 0.15) is 5.60 Å². The molecule has 1 spiro atoms. The van der Waals surface area contributed by atoms with Crippen molar-refractivity contribution in [3.05, 3.63) is 39.1 Å². The molecule has 0 saturated carbocycles. The zero-order chi connectivity index (χ0) is 16.7. The summed E-state index contributed by atoms with van der Waals surface area (Å²) in [7, 11) is 0. The Bertz CT molecular complexity index is 731. The van der Waals surface area contributed by atoms with Crippen LogP contribution in [0.4, 0.5) is 4.39 Å². The van der Waals surface area contributed by atoms with Crippen LogP contribution in [-0.4, -0.2) is 40.9 Å². The second kappa shape index (κ2) is 6.24. The van der Waals surface area contributed by atoms with E-state index < -0.39 is 0 Å². The minimum absolute atomic E-state index is 0.0724. The van der Waals surface area contributed by atoms with Crippen molar-refractivity contribution in [2.75, 3.05) is 26.2 Å². The second-order valence-corrected chi connectivity index (χ2v) is 7.99. The molecule has 2 aliphatic heterocycles. The van der Waals surface area contributed by atoms with E-state index >= 15 is 0 Å². The minimum Gasteiger partial charge on any atom is -0.369 e. The summed E-state index contributed by atoms with van der Waals surface area (Å²) in [5, 5.41) is 4.46. The van der Waals surface area contributed by atoms with Gasteiger partial charge in [-0.2, -0.15) is 9.49 Å². The average Bonchev–Trinajstić information content (AvgIpc) is 3.09. The Morgan fingerprint density at radius 1 is 1.25 bits per heavy atom. The third-order valence-corrected chi connectivity index (χ3v) is 6.49. The number of hydrogen-bond donors (Lipinski definition) is 0. The molecule has 4 nitrogen and oxygen atoms in total. The molecule has 0 radical (unpaired) electrons. The van der Waals surface area contributed by atoms with Crippen molar-refractivity contribution in [2.45, 2.75) is 45.3 Å². The lowest BCUT2D eigenvalue weighted by molar-refractivity contribution is -0.0953. The first kappa shape index (κ1) is 16.2. The fourth-order valence-electron chi connectivity index (χ4n) is 4.03. The number of nitrogens with zero attached hydrogens (tertiary/aromatic N) is 3. The third-order valence-electron chi connectivity index (χ3n) is 5.34. The number of likely N-dealkylation sites (tertiary alicyclic amines) is 1. The number of fused-ring (bicyclic) bond motifs is 2. The van der Waals surface area contributed by atoms with Gasteiger partial charge < -0.3 is 9.64 Å². The molecule has 2 aromatic rings. The third kappa shape index (κ3) is 2.91. The number of aromatic nitrogens is 2. The highest BCUT2D eigenvalue weighted by Crippen LogP contribution is 2.45. The largest absolute Gasteiger partial charge is 0.369 e. The summed E-state index contributed by atoms with van der Waals surface area (Å²) in [5.74, 6) is 0. The van der Waals surface area contributed by atoms with Gasteiger partial charge in [0.05, 0.1) is 18.8 Å². The molecular weight excluding hydrogens is 325 g/mol. The molecule has 6 heteroatoms. The first-order valence-electron chi connectivity index (χ1n) is 8.72. The van der Waals surface area contributed by atoms with Gasteiger partial charge in [-0.05, 0) is 50.8 Å². The number of piperidine rings is 1. The molecule has 1 saturated heterocycles. The average molecular weight is 349 g/mol. The molecule has 130 valence electrons. The topological polar surface area (TPSA) is 30.3 Å². The highest BCUT2D eigenvalue weighted by Gasteiger charge is 2.42. The molecule has 4 heterocycles. The Balaban J connectivity index is 1.39.